The average Bonchev–Trinajstić information content (AvgIpc) is 3.08. The first-order chi connectivity index (χ1) is 14.7. The Balaban J connectivity index is 2.00. The molecule has 0 aliphatic rings. The molecule has 2 heterocycles. The van der Waals surface area contributed by atoms with Gasteiger partial charge in [0, 0.05) is 12.1 Å². The molecule has 2 aromatic heterocycles. The lowest BCUT2D eigenvalue weighted by Gasteiger charge is -2.16. The molecule has 166 valence electrons. The van der Waals surface area contributed by atoms with Gasteiger partial charge in [-0.05, 0) is 38.5 Å². The third-order valence-corrected chi connectivity index (χ3v) is 4.86. The summed E-state index contributed by atoms with van der Waals surface area (Å²) in [4.78, 5) is 31.1. The third-order valence-electron chi connectivity index (χ3n) is 4.61. The van der Waals surface area contributed by atoms with Crippen molar-refractivity contribution in [3.8, 4) is 0 Å². The van der Waals surface area contributed by atoms with Gasteiger partial charge in [-0.3, -0.25) is 14.3 Å². The maximum absolute atomic E-state index is 12.5. The van der Waals surface area contributed by atoms with Crippen LogP contribution in [0.4, 0.5) is 5.95 Å². The second kappa shape index (κ2) is 9.46. The molecule has 0 amide bonds. The Morgan fingerprint density at radius 1 is 1.32 bits per heavy atom. The summed E-state index contributed by atoms with van der Waals surface area (Å²) >= 11 is 5.93. The van der Waals surface area contributed by atoms with Gasteiger partial charge >= 0.3 is 5.69 Å². The van der Waals surface area contributed by atoms with Crippen LogP contribution in [0.15, 0.2) is 39.0 Å². The van der Waals surface area contributed by atoms with Crippen LogP contribution in [0, 0.1) is 0 Å². The highest BCUT2D eigenvalue weighted by atomic mass is 35.5. The van der Waals surface area contributed by atoms with E-state index >= 15 is 0 Å². The second-order valence-electron chi connectivity index (χ2n) is 7.39. The summed E-state index contributed by atoms with van der Waals surface area (Å²) in [6, 6.07) is 7.16. The lowest BCUT2D eigenvalue weighted by Crippen LogP contribution is -2.30. The van der Waals surface area contributed by atoms with E-state index in [0.717, 1.165) is 5.56 Å². The zero-order chi connectivity index (χ0) is 22.7. The van der Waals surface area contributed by atoms with Crippen molar-refractivity contribution in [3.05, 3.63) is 55.7 Å². The van der Waals surface area contributed by atoms with Crippen LogP contribution in [0.1, 0.15) is 26.3 Å². The number of aromatic amines is 1. The molecule has 1 unspecified atom stereocenters. The minimum atomic E-state index is -0.904. The smallest absolute Gasteiger partial charge is 0.329 e. The van der Waals surface area contributed by atoms with Gasteiger partial charge in [0.05, 0.1) is 31.1 Å². The van der Waals surface area contributed by atoms with Crippen LogP contribution in [0.2, 0.25) is 5.02 Å². The van der Waals surface area contributed by atoms with E-state index < -0.39 is 17.4 Å². The number of imidazole rings is 1. The number of benzene rings is 1. The van der Waals surface area contributed by atoms with E-state index in [4.69, 9.17) is 16.3 Å². The largest absolute Gasteiger partial charge is 0.389 e. The molecule has 31 heavy (non-hydrogen) atoms. The van der Waals surface area contributed by atoms with Crippen molar-refractivity contribution in [2.45, 2.75) is 39.5 Å². The van der Waals surface area contributed by atoms with Crippen molar-refractivity contribution in [2.75, 3.05) is 12.0 Å². The van der Waals surface area contributed by atoms with E-state index in [0.29, 0.717) is 10.7 Å². The van der Waals surface area contributed by atoms with Crippen molar-refractivity contribution in [1.82, 2.24) is 19.1 Å². The molecule has 0 radical (unpaired) electrons. The zero-order valence-corrected chi connectivity index (χ0v) is 18.5. The number of aromatic nitrogens is 4. The molecule has 10 nitrogen and oxygen atoms in total. The standard InChI is InChI=1S/C20H25ClN6O4/c1-11(2)31-10-15(28)9-27-16-17(26(4)20(30)23-18(16)29)22-19(27)25-24-12(3)13-5-7-14(21)8-6-13/h5-8,11,15,28H,9-10H2,1-4H3,(H,22,25)(H,23,29,30). The number of nitrogens with one attached hydrogen (secondary N) is 2. The predicted molar refractivity (Wildman–Crippen MR) is 120 cm³/mol. The van der Waals surface area contributed by atoms with E-state index in [1.807, 2.05) is 26.0 Å². The molecule has 3 aromatic rings. The summed E-state index contributed by atoms with van der Waals surface area (Å²) in [5.74, 6) is 0.207. The van der Waals surface area contributed by atoms with E-state index in [9.17, 15) is 14.7 Å². The van der Waals surface area contributed by atoms with Gasteiger partial charge in [-0.25, -0.2) is 10.2 Å². The van der Waals surface area contributed by atoms with Crippen LogP contribution in [-0.2, 0) is 18.3 Å². The van der Waals surface area contributed by atoms with E-state index in [1.54, 1.807) is 19.1 Å². The fourth-order valence-electron chi connectivity index (χ4n) is 2.95. The van der Waals surface area contributed by atoms with Gasteiger partial charge in [0.15, 0.2) is 11.2 Å². The highest BCUT2D eigenvalue weighted by Gasteiger charge is 2.20. The maximum atomic E-state index is 12.5. The molecule has 0 saturated heterocycles. The van der Waals surface area contributed by atoms with Gasteiger partial charge in [-0.1, -0.05) is 23.7 Å². The molecule has 0 aliphatic carbocycles. The molecular weight excluding hydrogens is 424 g/mol. The number of ether oxygens (including phenoxy) is 1. The fourth-order valence-corrected chi connectivity index (χ4v) is 3.08. The Morgan fingerprint density at radius 3 is 2.65 bits per heavy atom. The summed E-state index contributed by atoms with van der Waals surface area (Å²) in [5.41, 5.74) is 3.48. The molecule has 0 saturated carbocycles. The Bertz CT molecular complexity index is 1210. The van der Waals surface area contributed by atoms with Crippen LogP contribution in [0.3, 0.4) is 0 Å². The molecule has 3 N–H and O–H groups in total. The number of hydrogen-bond acceptors (Lipinski definition) is 7. The van der Waals surface area contributed by atoms with Crippen LogP contribution >= 0.6 is 11.6 Å². The molecule has 3 rings (SSSR count). The number of aliphatic hydroxyl groups excluding tert-OH is 1. The molecular formula is C20H25ClN6O4. The summed E-state index contributed by atoms with van der Waals surface area (Å²) in [6.07, 6.45) is -0.957. The van der Waals surface area contributed by atoms with E-state index in [2.05, 4.69) is 20.5 Å². The third kappa shape index (κ3) is 5.22. The molecule has 1 aromatic carbocycles. The molecule has 0 aliphatic heterocycles. The SMILES string of the molecule is CC(=NNc1nc2c(c(=O)[nH]c(=O)n2C)n1CC(O)COC(C)C)c1ccc(Cl)cc1. The number of H-pyrrole nitrogens is 1. The lowest BCUT2D eigenvalue weighted by molar-refractivity contribution is -0.000105. The number of fused-ring (bicyclic) bond motifs is 1. The molecule has 0 fully saturated rings. The monoisotopic (exact) mass is 448 g/mol. The number of halogens is 1. The average molecular weight is 449 g/mol. The number of rotatable bonds is 8. The number of aryl methyl sites for hydroxylation is 1. The van der Waals surface area contributed by atoms with E-state index in [-0.39, 0.29) is 36.4 Å². The Morgan fingerprint density at radius 2 is 2.00 bits per heavy atom. The number of aliphatic hydroxyl groups is 1. The molecule has 0 spiro atoms. The van der Waals surface area contributed by atoms with Gasteiger partial charge in [-0.15, -0.1) is 0 Å². The minimum Gasteiger partial charge on any atom is -0.389 e. The Hall–Kier alpha value is -2.95. The van der Waals surface area contributed by atoms with Crippen molar-refractivity contribution in [1.29, 1.82) is 0 Å². The Kier molecular flexibility index (Phi) is 6.94. The fraction of sp³-hybridized carbons (Fsp3) is 0.400. The van der Waals surface area contributed by atoms with Gasteiger partial charge in [0.25, 0.3) is 5.56 Å². The Labute approximate surface area is 183 Å². The summed E-state index contributed by atoms with van der Waals surface area (Å²) < 4.78 is 8.17. The highest BCUT2D eigenvalue weighted by Crippen LogP contribution is 2.17. The first-order valence-electron chi connectivity index (χ1n) is 9.72. The highest BCUT2D eigenvalue weighted by molar-refractivity contribution is 6.30. The van der Waals surface area contributed by atoms with Crippen molar-refractivity contribution in [3.63, 3.8) is 0 Å². The van der Waals surface area contributed by atoms with Gasteiger partial charge < -0.3 is 14.4 Å². The minimum absolute atomic E-state index is 0.0162. The number of nitrogens with zero attached hydrogens (tertiary/aromatic N) is 4. The van der Waals surface area contributed by atoms with Crippen LogP contribution < -0.4 is 16.7 Å². The quantitative estimate of drug-likeness (QED) is 0.355. The van der Waals surface area contributed by atoms with Gasteiger partial charge in [0.2, 0.25) is 5.95 Å². The van der Waals surface area contributed by atoms with Crippen LogP contribution in [-0.4, -0.2) is 48.7 Å². The summed E-state index contributed by atoms with van der Waals surface area (Å²) in [6.45, 7) is 5.62. The van der Waals surface area contributed by atoms with Crippen molar-refractivity contribution in [2.24, 2.45) is 12.1 Å². The molecule has 0 bridgehead atoms. The molecule has 11 heteroatoms. The second-order valence-corrected chi connectivity index (χ2v) is 7.82. The normalized spacial score (nSPS) is 13.2. The molecule has 1 atom stereocenters. The zero-order valence-electron chi connectivity index (χ0n) is 17.7. The van der Waals surface area contributed by atoms with E-state index in [1.165, 1.54) is 16.2 Å². The van der Waals surface area contributed by atoms with Gasteiger partial charge in [-0.2, -0.15) is 10.1 Å². The number of hydrazone groups is 1. The maximum Gasteiger partial charge on any atom is 0.329 e. The van der Waals surface area contributed by atoms with Crippen LogP contribution in [0.25, 0.3) is 11.2 Å². The lowest BCUT2D eigenvalue weighted by atomic mass is 10.1. The summed E-state index contributed by atoms with van der Waals surface area (Å²) in [7, 11) is 1.50. The predicted octanol–water partition coefficient (Wildman–Crippen LogP) is 1.70. The van der Waals surface area contributed by atoms with Crippen LogP contribution in [0.5, 0.6) is 0 Å². The van der Waals surface area contributed by atoms with Crippen molar-refractivity contribution < 1.29 is 9.84 Å². The van der Waals surface area contributed by atoms with Crippen molar-refractivity contribution >= 4 is 34.4 Å². The first kappa shape index (κ1) is 22.7. The number of hydrogen-bond donors (Lipinski definition) is 3. The topological polar surface area (TPSA) is 127 Å². The summed E-state index contributed by atoms with van der Waals surface area (Å²) in [5, 5.41) is 15.4. The van der Waals surface area contributed by atoms with Gasteiger partial charge in [0.1, 0.15) is 0 Å². The number of anilines is 1. The first-order valence-corrected chi connectivity index (χ1v) is 10.1.